The maximum Gasteiger partial charge on any atom is 0.343 e. The Labute approximate surface area is 122 Å². The van der Waals surface area contributed by atoms with Gasteiger partial charge in [-0.3, -0.25) is 0 Å². The molecule has 96 valence electrons. The minimum absolute atomic E-state index is 0.225. The number of phenolic OH excluding ortho intramolecular Hbond substituents is 1. The molecule has 0 aliphatic carbocycles. The smallest absolute Gasteiger partial charge is 0.343 e. The molecule has 0 aliphatic rings. The third-order valence-corrected chi connectivity index (χ3v) is 5.53. The number of benzene rings is 1. The van der Waals surface area contributed by atoms with Gasteiger partial charge in [-0.05, 0) is 58.7 Å². The summed E-state index contributed by atoms with van der Waals surface area (Å²) in [6, 6.07) is 6.08. The van der Waals surface area contributed by atoms with Crippen molar-refractivity contribution in [2.75, 3.05) is 0 Å². The maximum atomic E-state index is 12.0. The van der Waals surface area contributed by atoms with Crippen LogP contribution in [0.25, 0.3) is 0 Å². The van der Waals surface area contributed by atoms with Crippen LogP contribution in [0.4, 0.5) is 0 Å². The highest BCUT2D eigenvalue weighted by Crippen LogP contribution is 2.32. The summed E-state index contributed by atoms with van der Waals surface area (Å²) in [5, 5.41) is 11.7. The van der Waals surface area contributed by atoms with E-state index in [1.165, 1.54) is 23.5 Å². The lowest BCUT2D eigenvalue weighted by Gasteiger charge is -2.07. The Hall–Kier alpha value is -0.800. The third kappa shape index (κ3) is 2.78. The summed E-state index contributed by atoms with van der Waals surface area (Å²) in [7, 11) is -4.00. The van der Waals surface area contributed by atoms with E-state index in [1.54, 1.807) is 24.4 Å². The van der Waals surface area contributed by atoms with Gasteiger partial charge in [-0.1, -0.05) is 6.07 Å². The minimum atomic E-state index is -4.00. The van der Waals surface area contributed by atoms with Gasteiger partial charge in [-0.25, -0.2) is 0 Å². The highest BCUT2D eigenvalue weighted by molar-refractivity contribution is 14.1. The van der Waals surface area contributed by atoms with Crippen molar-refractivity contribution in [3.63, 3.8) is 0 Å². The first-order valence-electron chi connectivity index (χ1n) is 4.87. The van der Waals surface area contributed by atoms with Crippen LogP contribution in [0.5, 0.6) is 10.8 Å². The van der Waals surface area contributed by atoms with E-state index in [0.717, 1.165) is 5.56 Å². The fraction of sp³-hybridized carbons (Fsp3) is 0.0909. The van der Waals surface area contributed by atoms with Crippen LogP contribution in [0.15, 0.2) is 34.5 Å². The zero-order chi connectivity index (χ0) is 13.3. The summed E-state index contributed by atoms with van der Waals surface area (Å²) < 4.78 is 29.7. The van der Waals surface area contributed by atoms with E-state index in [1.807, 2.05) is 22.6 Å². The molecule has 0 spiro atoms. The number of aromatic hydroxyl groups is 1. The summed E-state index contributed by atoms with van der Waals surface area (Å²) in [5.74, 6) is -0.304. The van der Waals surface area contributed by atoms with Crippen molar-refractivity contribution in [1.82, 2.24) is 0 Å². The van der Waals surface area contributed by atoms with Gasteiger partial charge in [-0.2, -0.15) is 8.42 Å². The van der Waals surface area contributed by atoms with Gasteiger partial charge in [0.15, 0.2) is 0 Å². The van der Waals surface area contributed by atoms with Gasteiger partial charge in [0.2, 0.25) is 5.06 Å². The molecule has 2 aromatic rings. The zero-order valence-electron chi connectivity index (χ0n) is 9.25. The molecule has 1 heterocycles. The summed E-state index contributed by atoms with van der Waals surface area (Å²) in [6.07, 6.45) is 0. The molecule has 0 atom stereocenters. The lowest BCUT2D eigenvalue weighted by atomic mass is 10.2. The molecule has 0 radical (unpaired) electrons. The predicted molar refractivity (Wildman–Crippen MR) is 77.7 cm³/mol. The van der Waals surface area contributed by atoms with E-state index < -0.39 is 10.1 Å². The van der Waals surface area contributed by atoms with Crippen molar-refractivity contribution in [2.24, 2.45) is 0 Å². The highest BCUT2D eigenvalue weighted by Gasteiger charge is 2.22. The fourth-order valence-corrected chi connectivity index (χ4v) is 4.25. The van der Waals surface area contributed by atoms with Crippen LogP contribution in [0.3, 0.4) is 0 Å². The Morgan fingerprint density at radius 3 is 2.61 bits per heavy atom. The van der Waals surface area contributed by atoms with Crippen LogP contribution in [-0.2, 0) is 10.1 Å². The summed E-state index contributed by atoms with van der Waals surface area (Å²) in [4.78, 5) is -0.225. The van der Waals surface area contributed by atoms with E-state index in [9.17, 15) is 13.5 Å². The molecule has 2 rings (SSSR count). The quantitative estimate of drug-likeness (QED) is 0.640. The number of thiophene rings is 1. The zero-order valence-corrected chi connectivity index (χ0v) is 13.0. The number of hydrogen-bond acceptors (Lipinski definition) is 5. The van der Waals surface area contributed by atoms with Crippen LogP contribution >= 0.6 is 33.9 Å². The maximum absolute atomic E-state index is 12.0. The SMILES string of the molecule is Cc1ccc(S(=O)(=O)Oc2sccc2I)c(O)c1. The molecular formula is C11H9IO4S2. The Kier molecular flexibility index (Phi) is 3.83. The Morgan fingerprint density at radius 1 is 1.33 bits per heavy atom. The molecule has 1 N–H and O–H groups in total. The second-order valence-corrected chi connectivity index (χ2v) is 7.12. The molecule has 4 nitrogen and oxygen atoms in total. The topological polar surface area (TPSA) is 63.6 Å². The van der Waals surface area contributed by atoms with E-state index in [2.05, 4.69) is 0 Å². The molecule has 7 heteroatoms. The van der Waals surface area contributed by atoms with Gasteiger partial charge in [0.25, 0.3) is 0 Å². The van der Waals surface area contributed by atoms with Crippen molar-refractivity contribution in [3.8, 4) is 10.8 Å². The number of rotatable bonds is 3. The van der Waals surface area contributed by atoms with Crippen LogP contribution in [0.1, 0.15) is 5.56 Å². The lowest BCUT2D eigenvalue weighted by Crippen LogP contribution is -2.09. The number of hydrogen-bond donors (Lipinski definition) is 1. The second-order valence-electron chi connectivity index (χ2n) is 3.56. The molecule has 0 amide bonds. The Morgan fingerprint density at radius 2 is 2.06 bits per heavy atom. The standard InChI is InChI=1S/C11H9IO4S2/c1-7-2-3-10(9(13)6-7)18(14,15)16-11-8(12)4-5-17-11/h2-6,13H,1H3. The molecule has 0 saturated carbocycles. The fourth-order valence-electron chi connectivity index (χ4n) is 1.32. The van der Waals surface area contributed by atoms with Crippen molar-refractivity contribution in [3.05, 3.63) is 38.8 Å². The molecule has 1 aromatic heterocycles. The third-order valence-electron chi connectivity index (χ3n) is 2.15. The van der Waals surface area contributed by atoms with Crippen molar-refractivity contribution < 1.29 is 17.7 Å². The van der Waals surface area contributed by atoms with Gasteiger partial charge in [0.05, 0.1) is 3.57 Å². The normalized spacial score (nSPS) is 11.4. The molecule has 0 fully saturated rings. The van der Waals surface area contributed by atoms with Crippen molar-refractivity contribution in [1.29, 1.82) is 0 Å². The van der Waals surface area contributed by atoms with E-state index >= 15 is 0 Å². The molecular weight excluding hydrogens is 387 g/mol. The largest absolute Gasteiger partial charge is 0.506 e. The van der Waals surface area contributed by atoms with Gasteiger partial charge in [-0.15, -0.1) is 11.3 Å². The lowest BCUT2D eigenvalue weighted by molar-refractivity contribution is 0.446. The van der Waals surface area contributed by atoms with Gasteiger partial charge < -0.3 is 9.29 Å². The van der Waals surface area contributed by atoms with Crippen LogP contribution < -0.4 is 4.18 Å². The summed E-state index contributed by atoms with van der Waals surface area (Å²) in [6.45, 7) is 1.76. The van der Waals surface area contributed by atoms with Crippen LogP contribution in [0, 0.1) is 10.5 Å². The van der Waals surface area contributed by atoms with Crippen LogP contribution in [0.2, 0.25) is 0 Å². The number of halogens is 1. The first kappa shape index (κ1) is 13.6. The van der Waals surface area contributed by atoms with Crippen molar-refractivity contribution >= 4 is 44.0 Å². The number of phenols is 1. The number of aryl methyl sites for hydroxylation is 1. The van der Waals surface area contributed by atoms with Gasteiger partial charge in [0, 0.05) is 0 Å². The van der Waals surface area contributed by atoms with E-state index in [0.29, 0.717) is 8.63 Å². The Bertz CT molecular complexity index is 676. The van der Waals surface area contributed by atoms with E-state index in [4.69, 9.17) is 4.18 Å². The predicted octanol–water partition coefficient (Wildman–Crippen LogP) is 3.13. The monoisotopic (exact) mass is 396 g/mol. The van der Waals surface area contributed by atoms with E-state index in [-0.39, 0.29) is 10.6 Å². The molecule has 0 saturated heterocycles. The summed E-state index contributed by atoms with van der Waals surface area (Å²) >= 11 is 3.18. The molecule has 0 bridgehead atoms. The average molecular weight is 396 g/mol. The van der Waals surface area contributed by atoms with Gasteiger partial charge >= 0.3 is 10.1 Å². The van der Waals surface area contributed by atoms with Gasteiger partial charge in [0.1, 0.15) is 10.6 Å². The molecule has 18 heavy (non-hydrogen) atoms. The molecule has 0 aliphatic heterocycles. The molecule has 0 unspecified atom stereocenters. The van der Waals surface area contributed by atoms with Crippen molar-refractivity contribution in [2.45, 2.75) is 11.8 Å². The molecule has 1 aromatic carbocycles. The minimum Gasteiger partial charge on any atom is -0.506 e. The Balaban J connectivity index is 2.40. The first-order chi connectivity index (χ1) is 8.40. The summed E-state index contributed by atoms with van der Waals surface area (Å²) in [5.41, 5.74) is 0.775. The first-order valence-corrected chi connectivity index (χ1v) is 8.24. The average Bonchev–Trinajstić information content (AvgIpc) is 2.63. The second kappa shape index (κ2) is 5.06. The highest BCUT2D eigenvalue weighted by atomic mass is 127. The van der Waals surface area contributed by atoms with Crippen LogP contribution in [-0.4, -0.2) is 13.5 Å².